The SMILES string of the molecule is CCNC(=O)c1cc(Cl)ccc1NC(=O)/C=C/c1cc2ccccc2o1. The van der Waals surface area contributed by atoms with Gasteiger partial charge in [0.25, 0.3) is 5.91 Å². The highest BCUT2D eigenvalue weighted by Crippen LogP contribution is 2.22. The van der Waals surface area contributed by atoms with Gasteiger partial charge in [0.05, 0.1) is 11.3 Å². The number of carbonyl (C=O) groups is 2. The fourth-order valence-corrected chi connectivity index (χ4v) is 2.66. The van der Waals surface area contributed by atoms with E-state index < -0.39 is 0 Å². The van der Waals surface area contributed by atoms with E-state index >= 15 is 0 Å². The van der Waals surface area contributed by atoms with Crippen molar-refractivity contribution in [2.24, 2.45) is 0 Å². The molecule has 0 saturated heterocycles. The number of furan rings is 1. The van der Waals surface area contributed by atoms with Crippen molar-refractivity contribution in [1.82, 2.24) is 5.32 Å². The molecule has 5 nitrogen and oxygen atoms in total. The Hall–Kier alpha value is -3.05. The van der Waals surface area contributed by atoms with E-state index in [9.17, 15) is 9.59 Å². The monoisotopic (exact) mass is 368 g/mol. The minimum Gasteiger partial charge on any atom is -0.457 e. The van der Waals surface area contributed by atoms with Gasteiger partial charge in [-0.05, 0) is 43.3 Å². The Labute approximate surface area is 155 Å². The predicted octanol–water partition coefficient (Wildman–Crippen LogP) is 4.49. The van der Waals surface area contributed by atoms with E-state index in [4.69, 9.17) is 16.0 Å². The van der Waals surface area contributed by atoms with Crippen LogP contribution in [0.4, 0.5) is 5.69 Å². The lowest BCUT2D eigenvalue weighted by molar-refractivity contribution is -0.111. The third-order valence-corrected chi connectivity index (χ3v) is 3.90. The van der Waals surface area contributed by atoms with E-state index in [-0.39, 0.29) is 11.8 Å². The second-order valence-corrected chi connectivity index (χ2v) is 5.99. The summed E-state index contributed by atoms with van der Waals surface area (Å²) in [6, 6.07) is 14.2. The summed E-state index contributed by atoms with van der Waals surface area (Å²) in [4.78, 5) is 24.3. The van der Waals surface area contributed by atoms with Gasteiger partial charge in [-0.25, -0.2) is 0 Å². The average molecular weight is 369 g/mol. The predicted molar refractivity (Wildman–Crippen MR) is 103 cm³/mol. The molecule has 0 aliphatic carbocycles. The highest BCUT2D eigenvalue weighted by molar-refractivity contribution is 6.31. The lowest BCUT2D eigenvalue weighted by atomic mass is 10.1. The van der Waals surface area contributed by atoms with Gasteiger partial charge < -0.3 is 15.1 Å². The molecular weight excluding hydrogens is 352 g/mol. The zero-order valence-electron chi connectivity index (χ0n) is 14.1. The first-order valence-corrected chi connectivity index (χ1v) is 8.50. The summed E-state index contributed by atoms with van der Waals surface area (Å²) in [5, 5.41) is 6.77. The van der Waals surface area contributed by atoms with Crippen LogP contribution in [0.5, 0.6) is 0 Å². The lowest BCUT2D eigenvalue weighted by Crippen LogP contribution is -2.24. The van der Waals surface area contributed by atoms with Gasteiger partial charge in [0.15, 0.2) is 0 Å². The van der Waals surface area contributed by atoms with Crippen molar-refractivity contribution in [2.75, 3.05) is 11.9 Å². The zero-order valence-corrected chi connectivity index (χ0v) is 14.8. The molecule has 2 amide bonds. The molecule has 3 aromatic rings. The summed E-state index contributed by atoms with van der Waals surface area (Å²) >= 11 is 5.96. The summed E-state index contributed by atoms with van der Waals surface area (Å²) in [7, 11) is 0. The summed E-state index contributed by atoms with van der Waals surface area (Å²) in [5.74, 6) is -0.105. The molecule has 132 valence electrons. The van der Waals surface area contributed by atoms with Crippen LogP contribution in [-0.2, 0) is 4.79 Å². The molecular formula is C20H17ClN2O3. The van der Waals surface area contributed by atoms with E-state index in [0.29, 0.717) is 28.6 Å². The number of fused-ring (bicyclic) bond motifs is 1. The number of benzene rings is 2. The molecule has 0 unspecified atom stereocenters. The number of halogens is 1. The van der Waals surface area contributed by atoms with Crippen LogP contribution in [-0.4, -0.2) is 18.4 Å². The number of carbonyl (C=O) groups excluding carboxylic acids is 2. The Bertz CT molecular complexity index is 959. The Balaban J connectivity index is 1.76. The molecule has 1 heterocycles. The van der Waals surface area contributed by atoms with Crippen LogP contribution in [0.1, 0.15) is 23.0 Å². The standard InChI is InChI=1S/C20H17ClN2O3/c1-2-22-20(25)16-12-14(21)7-9-17(16)23-19(24)10-8-15-11-13-5-3-4-6-18(13)26-15/h3-12H,2H2,1H3,(H,22,25)(H,23,24)/b10-8+. The quantitative estimate of drug-likeness (QED) is 0.652. The maximum atomic E-state index is 12.2. The number of rotatable bonds is 5. The fraction of sp³-hybridized carbons (Fsp3) is 0.100. The molecule has 6 heteroatoms. The Morgan fingerprint density at radius 2 is 1.96 bits per heavy atom. The molecule has 0 fully saturated rings. The van der Waals surface area contributed by atoms with Crippen LogP contribution >= 0.6 is 11.6 Å². The number of nitrogens with one attached hydrogen (secondary N) is 2. The zero-order chi connectivity index (χ0) is 18.5. The Morgan fingerprint density at radius 3 is 2.73 bits per heavy atom. The van der Waals surface area contributed by atoms with Crippen molar-refractivity contribution in [3.63, 3.8) is 0 Å². The largest absolute Gasteiger partial charge is 0.457 e. The van der Waals surface area contributed by atoms with Crippen LogP contribution in [0.15, 0.2) is 59.0 Å². The molecule has 0 atom stereocenters. The lowest BCUT2D eigenvalue weighted by Gasteiger charge is -2.10. The first kappa shape index (κ1) is 17.8. The first-order chi connectivity index (χ1) is 12.6. The van der Waals surface area contributed by atoms with Gasteiger partial charge in [0.2, 0.25) is 5.91 Å². The Kier molecular flexibility index (Phi) is 5.39. The first-order valence-electron chi connectivity index (χ1n) is 8.12. The molecule has 2 aromatic carbocycles. The van der Waals surface area contributed by atoms with Gasteiger partial charge in [0, 0.05) is 23.0 Å². The minimum absolute atomic E-state index is 0.299. The van der Waals surface area contributed by atoms with E-state index in [1.165, 1.54) is 12.1 Å². The Morgan fingerprint density at radius 1 is 1.15 bits per heavy atom. The molecule has 0 aliphatic heterocycles. The third kappa shape index (κ3) is 4.13. The number of hydrogen-bond acceptors (Lipinski definition) is 3. The van der Waals surface area contributed by atoms with Gasteiger partial charge in [-0.15, -0.1) is 0 Å². The van der Waals surface area contributed by atoms with Crippen molar-refractivity contribution < 1.29 is 14.0 Å². The minimum atomic E-state index is -0.377. The summed E-state index contributed by atoms with van der Waals surface area (Å²) in [5.41, 5.74) is 1.45. The van der Waals surface area contributed by atoms with Gasteiger partial charge in [-0.1, -0.05) is 29.8 Å². The van der Waals surface area contributed by atoms with E-state index in [1.807, 2.05) is 37.3 Å². The van der Waals surface area contributed by atoms with Crippen molar-refractivity contribution in [3.05, 3.63) is 71.0 Å². The summed E-state index contributed by atoms with van der Waals surface area (Å²) < 4.78 is 5.63. The number of anilines is 1. The van der Waals surface area contributed by atoms with Crippen LogP contribution < -0.4 is 10.6 Å². The van der Waals surface area contributed by atoms with Gasteiger partial charge in [-0.3, -0.25) is 9.59 Å². The number of para-hydroxylation sites is 1. The van der Waals surface area contributed by atoms with Crippen LogP contribution in [0, 0.1) is 0 Å². The van der Waals surface area contributed by atoms with E-state index in [0.717, 1.165) is 11.0 Å². The van der Waals surface area contributed by atoms with Crippen molar-refractivity contribution >= 4 is 46.1 Å². The third-order valence-electron chi connectivity index (χ3n) is 3.66. The van der Waals surface area contributed by atoms with E-state index in [2.05, 4.69) is 10.6 Å². The van der Waals surface area contributed by atoms with Crippen LogP contribution in [0.25, 0.3) is 17.0 Å². The van der Waals surface area contributed by atoms with Gasteiger partial charge in [0.1, 0.15) is 11.3 Å². The number of hydrogen-bond donors (Lipinski definition) is 2. The number of amides is 2. The van der Waals surface area contributed by atoms with Crippen LogP contribution in [0.3, 0.4) is 0 Å². The molecule has 0 bridgehead atoms. The molecule has 0 aliphatic rings. The normalized spacial score (nSPS) is 11.0. The summed E-state index contributed by atoms with van der Waals surface area (Å²) in [6.45, 7) is 2.29. The smallest absolute Gasteiger partial charge is 0.253 e. The van der Waals surface area contributed by atoms with Gasteiger partial charge in [-0.2, -0.15) is 0 Å². The topological polar surface area (TPSA) is 71.3 Å². The van der Waals surface area contributed by atoms with Crippen LogP contribution in [0.2, 0.25) is 5.02 Å². The molecule has 0 spiro atoms. The van der Waals surface area contributed by atoms with Crippen molar-refractivity contribution in [1.29, 1.82) is 0 Å². The second-order valence-electron chi connectivity index (χ2n) is 5.56. The maximum Gasteiger partial charge on any atom is 0.253 e. The average Bonchev–Trinajstić information content (AvgIpc) is 3.04. The molecule has 3 rings (SSSR count). The molecule has 2 N–H and O–H groups in total. The molecule has 0 radical (unpaired) electrons. The molecule has 0 saturated carbocycles. The molecule has 26 heavy (non-hydrogen) atoms. The maximum absolute atomic E-state index is 12.2. The summed E-state index contributed by atoms with van der Waals surface area (Å²) in [6.07, 6.45) is 2.94. The highest BCUT2D eigenvalue weighted by atomic mass is 35.5. The van der Waals surface area contributed by atoms with Crippen molar-refractivity contribution in [3.8, 4) is 0 Å². The van der Waals surface area contributed by atoms with Crippen molar-refractivity contribution in [2.45, 2.75) is 6.92 Å². The highest BCUT2D eigenvalue weighted by Gasteiger charge is 2.13. The van der Waals surface area contributed by atoms with E-state index in [1.54, 1.807) is 18.2 Å². The molecule has 1 aromatic heterocycles. The van der Waals surface area contributed by atoms with Gasteiger partial charge >= 0.3 is 0 Å². The fourth-order valence-electron chi connectivity index (χ4n) is 2.49. The second kappa shape index (κ2) is 7.89.